The normalized spacial score (nSPS) is 7.78. The van der Waals surface area contributed by atoms with Gasteiger partial charge in [0.05, 0.1) is 11.5 Å². The Morgan fingerprint density at radius 3 is 1.89 bits per heavy atom. The van der Waals surface area contributed by atoms with Crippen LogP contribution in [0, 0.1) is 24.7 Å². The molecule has 0 unspecified atom stereocenters. The quantitative estimate of drug-likeness (QED) is 0.349. The summed E-state index contributed by atoms with van der Waals surface area (Å²) in [5.41, 5.74) is 0. The molecule has 1 nitrogen and oxygen atoms in total. The molecule has 9 heavy (non-hydrogen) atoms. The first kappa shape index (κ1) is 8.78. The Labute approximate surface area is 64.3 Å². The van der Waals surface area contributed by atoms with E-state index in [-0.39, 0.29) is 0 Å². The minimum absolute atomic E-state index is 0.567. The van der Waals surface area contributed by atoms with Crippen molar-refractivity contribution in [2.45, 2.75) is 0 Å². The fourth-order valence-corrected chi connectivity index (χ4v) is 0.943. The van der Waals surface area contributed by atoms with Gasteiger partial charge in [-0.25, -0.2) is 3.63 Å². The smallest absolute Gasteiger partial charge is 0.0820 e. The summed E-state index contributed by atoms with van der Waals surface area (Å²) in [6, 6.07) is 0. The fraction of sp³-hybridized carbons (Fsp3) is 0.333. The highest BCUT2D eigenvalue weighted by atomic mass is 32.2. The van der Waals surface area contributed by atoms with Crippen LogP contribution in [0.1, 0.15) is 0 Å². The van der Waals surface area contributed by atoms with Gasteiger partial charge in [-0.1, -0.05) is 11.8 Å². The van der Waals surface area contributed by atoms with E-state index in [9.17, 15) is 0 Å². The maximum Gasteiger partial charge on any atom is 0.0820 e. The second kappa shape index (κ2) is 7.78. The summed E-state index contributed by atoms with van der Waals surface area (Å²) in [5, 5.41) is 0. The molecule has 0 saturated heterocycles. The molecular formula is C6H6OS2. The Kier molecular flexibility index (Phi) is 7.59. The Balaban J connectivity index is 2.79. The zero-order valence-corrected chi connectivity index (χ0v) is 6.43. The Morgan fingerprint density at radius 1 is 1.11 bits per heavy atom. The molecule has 0 aliphatic carbocycles. The highest BCUT2D eigenvalue weighted by Gasteiger charge is 1.84. The van der Waals surface area contributed by atoms with Crippen molar-refractivity contribution < 1.29 is 3.63 Å². The lowest BCUT2D eigenvalue weighted by molar-refractivity contribution is 0.764. The summed E-state index contributed by atoms with van der Waals surface area (Å²) in [6.07, 6.45) is 9.89. The zero-order valence-electron chi connectivity index (χ0n) is 4.79. The van der Waals surface area contributed by atoms with Crippen molar-refractivity contribution in [2.24, 2.45) is 0 Å². The van der Waals surface area contributed by atoms with Gasteiger partial charge in [0.25, 0.3) is 0 Å². The van der Waals surface area contributed by atoms with Crippen LogP contribution in [0.25, 0.3) is 0 Å². The lowest BCUT2D eigenvalue weighted by atomic mass is 10.8. The molecule has 48 valence electrons. The van der Waals surface area contributed by atoms with Gasteiger partial charge in [-0.15, -0.1) is 12.8 Å². The van der Waals surface area contributed by atoms with Gasteiger partial charge in [0, 0.05) is 24.1 Å². The molecule has 0 rings (SSSR count). The number of hydrogen-bond donors (Lipinski definition) is 0. The maximum atomic E-state index is 4.94. The summed E-state index contributed by atoms with van der Waals surface area (Å²) in [7, 11) is 0. The fourth-order valence-electron chi connectivity index (χ4n) is 0.150. The van der Waals surface area contributed by atoms with Crippen molar-refractivity contribution in [3.63, 3.8) is 0 Å². The summed E-state index contributed by atoms with van der Waals surface area (Å²) in [4.78, 5) is 0. The second-order valence-electron chi connectivity index (χ2n) is 1.00. The van der Waals surface area contributed by atoms with E-state index in [4.69, 9.17) is 16.5 Å². The van der Waals surface area contributed by atoms with Crippen molar-refractivity contribution in [2.75, 3.05) is 11.5 Å². The minimum Gasteiger partial charge on any atom is -0.245 e. The second-order valence-corrected chi connectivity index (χ2v) is 2.59. The van der Waals surface area contributed by atoms with Gasteiger partial charge in [-0.3, -0.25) is 0 Å². The first-order valence-corrected chi connectivity index (χ1v) is 4.02. The van der Waals surface area contributed by atoms with E-state index in [1.54, 1.807) is 0 Å². The van der Waals surface area contributed by atoms with Crippen LogP contribution in [0.4, 0.5) is 0 Å². The van der Waals surface area contributed by atoms with Crippen molar-refractivity contribution in [1.29, 1.82) is 0 Å². The van der Waals surface area contributed by atoms with Crippen LogP contribution in [0.2, 0.25) is 0 Å². The van der Waals surface area contributed by atoms with Crippen molar-refractivity contribution in [1.82, 2.24) is 0 Å². The van der Waals surface area contributed by atoms with Crippen LogP contribution in [0.5, 0.6) is 0 Å². The highest BCUT2D eigenvalue weighted by Crippen LogP contribution is 2.12. The third-order valence-corrected chi connectivity index (χ3v) is 1.72. The summed E-state index contributed by atoms with van der Waals surface area (Å²) < 4.78 is 4.86. The molecule has 0 aromatic heterocycles. The van der Waals surface area contributed by atoms with Crippen LogP contribution in [0.15, 0.2) is 0 Å². The van der Waals surface area contributed by atoms with E-state index in [0.717, 1.165) is 0 Å². The number of terminal acetylenes is 2. The Morgan fingerprint density at radius 2 is 1.56 bits per heavy atom. The molecule has 0 N–H and O–H groups in total. The van der Waals surface area contributed by atoms with Crippen LogP contribution in [0.3, 0.4) is 0 Å². The van der Waals surface area contributed by atoms with Gasteiger partial charge in [0.15, 0.2) is 0 Å². The van der Waals surface area contributed by atoms with E-state index in [1.807, 2.05) is 0 Å². The SMILES string of the molecule is C#CCSOSCC#C. The van der Waals surface area contributed by atoms with Gasteiger partial charge in [-0.2, -0.15) is 0 Å². The molecule has 0 aromatic carbocycles. The Hall–Kier alpha value is -0.220. The lowest BCUT2D eigenvalue weighted by Crippen LogP contribution is -1.72. The largest absolute Gasteiger partial charge is 0.245 e. The molecule has 0 atom stereocenters. The van der Waals surface area contributed by atoms with Crippen molar-refractivity contribution in [3.8, 4) is 24.7 Å². The maximum absolute atomic E-state index is 4.94. The van der Waals surface area contributed by atoms with E-state index in [1.165, 1.54) is 24.1 Å². The van der Waals surface area contributed by atoms with E-state index in [0.29, 0.717) is 11.5 Å². The number of rotatable bonds is 4. The molecule has 0 bridgehead atoms. The van der Waals surface area contributed by atoms with Gasteiger partial charge < -0.3 is 0 Å². The zero-order chi connectivity index (χ0) is 6.95. The number of hydrogen-bond acceptors (Lipinski definition) is 3. The average Bonchev–Trinajstić information content (AvgIpc) is 1.89. The Bertz CT molecular complexity index is 115. The monoisotopic (exact) mass is 158 g/mol. The molecule has 0 fully saturated rings. The molecule has 0 heterocycles. The standard InChI is InChI=1S/C6H6OS2/c1-3-5-8-7-9-6-4-2/h1-2H,5-6H2. The van der Waals surface area contributed by atoms with Gasteiger partial charge in [0.2, 0.25) is 0 Å². The minimum atomic E-state index is 0.567. The predicted octanol–water partition coefficient (Wildman–Crippen LogP) is 1.57. The molecule has 0 radical (unpaired) electrons. The first-order valence-electron chi connectivity index (χ1n) is 2.20. The topological polar surface area (TPSA) is 9.23 Å². The molecular weight excluding hydrogens is 152 g/mol. The summed E-state index contributed by atoms with van der Waals surface area (Å²) >= 11 is 2.45. The first-order chi connectivity index (χ1) is 4.41. The molecule has 0 aliphatic rings. The molecule has 0 amide bonds. The lowest BCUT2D eigenvalue weighted by Gasteiger charge is -1.91. The third-order valence-electron chi connectivity index (χ3n) is 0.381. The molecule has 0 aliphatic heterocycles. The molecule has 0 spiro atoms. The van der Waals surface area contributed by atoms with Crippen LogP contribution < -0.4 is 0 Å². The van der Waals surface area contributed by atoms with Crippen molar-refractivity contribution >= 4 is 24.1 Å². The van der Waals surface area contributed by atoms with E-state index >= 15 is 0 Å². The molecule has 3 heteroatoms. The van der Waals surface area contributed by atoms with Crippen molar-refractivity contribution in [3.05, 3.63) is 0 Å². The third kappa shape index (κ3) is 7.78. The van der Waals surface area contributed by atoms with Gasteiger partial charge in [0.1, 0.15) is 0 Å². The van der Waals surface area contributed by atoms with Crippen LogP contribution >= 0.6 is 24.1 Å². The average molecular weight is 158 g/mol. The molecule has 0 aromatic rings. The summed E-state index contributed by atoms with van der Waals surface area (Å²) in [5.74, 6) is 5.97. The van der Waals surface area contributed by atoms with Gasteiger partial charge >= 0.3 is 0 Å². The summed E-state index contributed by atoms with van der Waals surface area (Å²) in [6.45, 7) is 0. The van der Waals surface area contributed by atoms with Gasteiger partial charge in [-0.05, 0) is 0 Å². The van der Waals surface area contributed by atoms with Crippen LogP contribution in [-0.4, -0.2) is 11.5 Å². The highest BCUT2D eigenvalue weighted by molar-refractivity contribution is 8.08. The van der Waals surface area contributed by atoms with E-state index in [2.05, 4.69) is 11.8 Å². The molecule has 0 saturated carbocycles. The predicted molar refractivity (Wildman–Crippen MR) is 43.7 cm³/mol. The van der Waals surface area contributed by atoms with E-state index < -0.39 is 0 Å². The van der Waals surface area contributed by atoms with Crippen LogP contribution in [-0.2, 0) is 3.63 Å².